The number of carbonyl (C=O) groups is 1. The lowest BCUT2D eigenvalue weighted by atomic mass is 9.89. The molecular weight excluding hydrogens is 679 g/mol. The summed E-state index contributed by atoms with van der Waals surface area (Å²) in [7, 11) is 3.71. The number of halogens is 2. The Balaban J connectivity index is 1.29. The Morgan fingerprint density at radius 2 is 1.78 bits per heavy atom. The van der Waals surface area contributed by atoms with E-state index in [1.54, 1.807) is 19.2 Å². The Morgan fingerprint density at radius 1 is 1.04 bits per heavy atom. The Bertz CT molecular complexity index is 2030. The molecule has 0 bridgehead atoms. The number of hydrogen-bond acceptors (Lipinski definition) is 9. The lowest BCUT2D eigenvalue weighted by molar-refractivity contribution is -0.147. The molecule has 9 nitrogen and oxygen atoms in total. The highest BCUT2D eigenvalue weighted by Crippen LogP contribution is 2.56. The highest BCUT2D eigenvalue weighted by atomic mass is 35.5. The predicted octanol–water partition coefficient (Wildman–Crippen LogP) is 7.32. The normalized spacial score (nSPS) is 16.7. The second kappa shape index (κ2) is 14.1. The maximum absolute atomic E-state index is 14.1. The van der Waals surface area contributed by atoms with Crippen molar-refractivity contribution in [1.82, 2.24) is 19.8 Å². The number of fused-ring (bicyclic) bond motifs is 1. The fraction of sp³-hybridized carbons (Fsp3) is 0.342. The molecule has 50 heavy (non-hydrogen) atoms. The summed E-state index contributed by atoms with van der Waals surface area (Å²) in [6.45, 7) is 7.28. The Labute approximate surface area is 299 Å². The lowest BCUT2D eigenvalue weighted by Gasteiger charge is -2.32. The molecule has 5 aromatic rings. The standard InChI is InChI=1S/C38H38ClFN4O5S/c1-23-26(12-13-29(32(23)39)48-21-20-44-18-16-43(2)17-19-44)30-31-35(41-22-42-36(31)50-33(30)24-8-10-25(40)11-9-24)49-34(37(45)46)38(14-15-38)27-6-4-5-7-28(27)47-3/h4-13,22,34H,14-21H2,1-3H3,(H,45,46). The van der Waals surface area contributed by atoms with Crippen LogP contribution in [0, 0.1) is 12.7 Å². The Hall–Kier alpha value is -4.29. The predicted molar refractivity (Wildman–Crippen MR) is 193 cm³/mol. The average molecular weight is 717 g/mol. The number of thiophene rings is 1. The molecule has 3 aromatic carbocycles. The molecule has 1 aliphatic carbocycles. The van der Waals surface area contributed by atoms with Gasteiger partial charge < -0.3 is 24.2 Å². The highest BCUT2D eigenvalue weighted by Gasteiger charge is 2.57. The van der Waals surface area contributed by atoms with E-state index in [0.29, 0.717) is 46.2 Å². The second-order valence-electron chi connectivity index (χ2n) is 12.9. The van der Waals surface area contributed by atoms with E-state index in [2.05, 4.69) is 26.8 Å². The van der Waals surface area contributed by atoms with Crippen molar-refractivity contribution in [3.63, 3.8) is 0 Å². The molecule has 0 radical (unpaired) electrons. The van der Waals surface area contributed by atoms with Gasteiger partial charge in [0.25, 0.3) is 0 Å². The summed E-state index contributed by atoms with van der Waals surface area (Å²) in [5.74, 6) is -0.123. The van der Waals surface area contributed by atoms with Crippen LogP contribution >= 0.6 is 22.9 Å². The van der Waals surface area contributed by atoms with Gasteiger partial charge in [-0.25, -0.2) is 19.2 Å². The number of aliphatic carboxylic acids is 1. The van der Waals surface area contributed by atoms with Crippen LogP contribution in [-0.4, -0.2) is 90.4 Å². The van der Waals surface area contributed by atoms with Gasteiger partial charge in [0.2, 0.25) is 12.0 Å². The molecule has 2 aromatic heterocycles. The zero-order chi connectivity index (χ0) is 35.0. The Morgan fingerprint density at radius 3 is 2.48 bits per heavy atom. The third-order valence-corrected chi connectivity index (χ3v) is 11.4. The number of aromatic nitrogens is 2. The van der Waals surface area contributed by atoms with Crippen LogP contribution in [0.2, 0.25) is 5.02 Å². The minimum Gasteiger partial charge on any atom is -0.496 e. The summed E-state index contributed by atoms with van der Waals surface area (Å²) in [6.07, 6.45) is 1.35. The molecule has 1 unspecified atom stereocenters. The highest BCUT2D eigenvalue weighted by molar-refractivity contribution is 7.22. The molecule has 1 atom stereocenters. The van der Waals surface area contributed by atoms with E-state index in [0.717, 1.165) is 65.4 Å². The van der Waals surface area contributed by atoms with Crippen molar-refractivity contribution in [2.75, 3.05) is 53.5 Å². The number of carboxylic acid groups (broad SMARTS) is 1. The number of rotatable bonds is 12. The van der Waals surface area contributed by atoms with Crippen molar-refractivity contribution < 1.29 is 28.5 Å². The zero-order valence-electron chi connectivity index (χ0n) is 28.1. The van der Waals surface area contributed by atoms with Crippen molar-refractivity contribution in [3.8, 4) is 38.9 Å². The fourth-order valence-electron chi connectivity index (χ4n) is 6.83. The first kappa shape index (κ1) is 34.2. The number of piperazine rings is 1. The van der Waals surface area contributed by atoms with E-state index in [4.69, 9.17) is 25.8 Å². The summed E-state index contributed by atoms with van der Waals surface area (Å²) in [4.78, 5) is 28.2. The molecule has 3 heterocycles. The van der Waals surface area contributed by atoms with Gasteiger partial charge in [-0.1, -0.05) is 48.0 Å². The van der Waals surface area contributed by atoms with Gasteiger partial charge in [-0.2, -0.15) is 0 Å². The van der Waals surface area contributed by atoms with Crippen molar-refractivity contribution in [2.24, 2.45) is 0 Å². The maximum atomic E-state index is 14.1. The van der Waals surface area contributed by atoms with Crippen LogP contribution in [0.3, 0.4) is 0 Å². The van der Waals surface area contributed by atoms with Crippen LogP contribution < -0.4 is 14.2 Å². The number of nitrogens with zero attached hydrogens (tertiary/aromatic N) is 4. The minimum absolute atomic E-state index is 0.145. The van der Waals surface area contributed by atoms with Crippen LogP contribution in [0.15, 0.2) is 67.0 Å². The Kier molecular flexibility index (Phi) is 9.67. The minimum atomic E-state index is -1.25. The van der Waals surface area contributed by atoms with Crippen molar-refractivity contribution in [1.29, 1.82) is 0 Å². The first-order chi connectivity index (χ1) is 24.2. The molecule has 12 heteroatoms. The molecule has 1 saturated carbocycles. The lowest BCUT2D eigenvalue weighted by Crippen LogP contribution is -2.45. The van der Waals surface area contributed by atoms with Gasteiger partial charge in [0.1, 0.15) is 35.1 Å². The van der Waals surface area contributed by atoms with Crippen LogP contribution in [0.5, 0.6) is 17.4 Å². The number of ether oxygens (including phenoxy) is 3. The molecule has 7 rings (SSSR count). The third-order valence-electron chi connectivity index (χ3n) is 9.83. The van der Waals surface area contributed by atoms with E-state index in [9.17, 15) is 14.3 Å². The molecule has 260 valence electrons. The number of methoxy groups -OCH3 is 1. The van der Waals surface area contributed by atoms with E-state index in [1.165, 1.54) is 29.8 Å². The number of para-hydroxylation sites is 1. The SMILES string of the molecule is COc1ccccc1C1(C(Oc2ncnc3sc(-c4ccc(F)cc4)c(-c4ccc(OCCN5CCN(C)CC5)c(Cl)c4C)c23)C(=O)O)CC1. The number of benzene rings is 3. The molecule has 2 fully saturated rings. The van der Waals surface area contributed by atoms with Crippen molar-refractivity contribution in [3.05, 3.63) is 89.0 Å². The van der Waals surface area contributed by atoms with Gasteiger partial charge in [-0.05, 0) is 67.8 Å². The smallest absolute Gasteiger partial charge is 0.345 e. The molecule has 2 aliphatic rings. The average Bonchev–Trinajstić information content (AvgIpc) is 3.83. The summed E-state index contributed by atoms with van der Waals surface area (Å²) in [6, 6.07) is 17.5. The van der Waals surface area contributed by atoms with Gasteiger partial charge in [-0.15, -0.1) is 11.3 Å². The number of carboxylic acids is 1. The fourth-order valence-corrected chi connectivity index (χ4v) is 8.20. The quantitative estimate of drug-likeness (QED) is 0.142. The van der Waals surface area contributed by atoms with E-state index in [-0.39, 0.29) is 11.7 Å². The van der Waals surface area contributed by atoms with Crippen LogP contribution in [0.1, 0.15) is 24.0 Å². The summed E-state index contributed by atoms with van der Waals surface area (Å²) in [5, 5.41) is 11.6. The van der Waals surface area contributed by atoms with E-state index >= 15 is 0 Å². The number of likely N-dealkylation sites (N-methyl/N-ethyl adjacent to an activating group) is 1. The molecule has 1 aliphatic heterocycles. The van der Waals surface area contributed by atoms with Crippen molar-refractivity contribution in [2.45, 2.75) is 31.3 Å². The molecule has 1 saturated heterocycles. The van der Waals surface area contributed by atoms with Gasteiger partial charge in [-0.3, -0.25) is 4.90 Å². The molecule has 0 amide bonds. The van der Waals surface area contributed by atoms with Gasteiger partial charge in [0.15, 0.2) is 0 Å². The van der Waals surface area contributed by atoms with Gasteiger partial charge in [0.05, 0.1) is 17.5 Å². The summed E-state index contributed by atoms with van der Waals surface area (Å²) >= 11 is 8.41. The monoisotopic (exact) mass is 716 g/mol. The molecule has 0 spiro atoms. The van der Waals surface area contributed by atoms with Gasteiger partial charge in [0, 0.05) is 54.1 Å². The molecule has 1 N–H and O–H groups in total. The zero-order valence-corrected chi connectivity index (χ0v) is 29.7. The maximum Gasteiger partial charge on any atom is 0.345 e. The summed E-state index contributed by atoms with van der Waals surface area (Å²) in [5.41, 5.74) is 3.02. The van der Waals surface area contributed by atoms with Crippen LogP contribution in [0.4, 0.5) is 4.39 Å². The van der Waals surface area contributed by atoms with E-state index in [1.807, 2.05) is 43.3 Å². The van der Waals surface area contributed by atoms with E-state index < -0.39 is 17.5 Å². The van der Waals surface area contributed by atoms with Gasteiger partial charge >= 0.3 is 5.97 Å². The third kappa shape index (κ3) is 6.51. The van der Waals surface area contributed by atoms with Crippen LogP contribution in [-0.2, 0) is 10.2 Å². The topological polar surface area (TPSA) is 97.3 Å². The second-order valence-corrected chi connectivity index (χ2v) is 14.3. The first-order valence-electron chi connectivity index (χ1n) is 16.6. The van der Waals surface area contributed by atoms with Crippen LogP contribution in [0.25, 0.3) is 31.8 Å². The number of hydrogen-bond donors (Lipinski definition) is 1. The molecular formula is C38H38ClFN4O5S. The first-order valence-corrected chi connectivity index (χ1v) is 17.8. The van der Waals surface area contributed by atoms with Crippen molar-refractivity contribution >= 4 is 39.1 Å². The largest absolute Gasteiger partial charge is 0.496 e. The summed E-state index contributed by atoms with van der Waals surface area (Å²) < 4.78 is 32.4.